The predicted molar refractivity (Wildman–Crippen MR) is 88.1 cm³/mol. The largest absolute Gasteiger partial charge is 0.486 e. The van der Waals surface area contributed by atoms with E-state index in [2.05, 4.69) is 52.9 Å². The Balaban J connectivity index is 2.19. The molecule has 1 aromatic carbocycles. The molecule has 0 aliphatic carbocycles. The fourth-order valence-electron chi connectivity index (χ4n) is 2.41. The van der Waals surface area contributed by atoms with Gasteiger partial charge >= 0.3 is 0 Å². The summed E-state index contributed by atoms with van der Waals surface area (Å²) in [5.41, 5.74) is 7.14. The summed E-state index contributed by atoms with van der Waals surface area (Å²) in [4.78, 5) is 4.45. The highest BCUT2D eigenvalue weighted by Crippen LogP contribution is 2.40. The summed E-state index contributed by atoms with van der Waals surface area (Å²) in [7, 11) is 6.25. The van der Waals surface area contributed by atoms with E-state index in [1.165, 1.54) is 0 Å². The van der Waals surface area contributed by atoms with Crippen molar-refractivity contribution >= 4 is 15.9 Å². The van der Waals surface area contributed by atoms with Crippen LogP contribution in [0, 0.1) is 0 Å². The first kappa shape index (κ1) is 16.5. The molecule has 6 heteroatoms. The monoisotopic (exact) mass is 357 g/mol. The van der Waals surface area contributed by atoms with Crippen LogP contribution in [0.2, 0.25) is 0 Å². The molecule has 5 nitrogen and oxygen atoms in total. The Morgan fingerprint density at radius 1 is 1.19 bits per heavy atom. The normalized spacial score (nSPS) is 15.6. The second-order valence-electron chi connectivity index (χ2n) is 5.56. The third-order valence-corrected chi connectivity index (χ3v) is 4.25. The zero-order valence-electron chi connectivity index (χ0n) is 12.9. The number of fused-ring (bicyclic) bond motifs is 1. The van der Waals surface area contributed by atoms with Gasteiger partial charge in [-0.3, -0.25) is 4.90 Å². The smallest absolute Gasteiger partial charge is 0.175 e. The number of nitrogens with zero attached hydrogens (tertiary/aromatic N) is 2. The van der Waals surface area contributed by atoms with Crippen LogP contribution in [0.4, 0.5) is 0 Å². The number of benzene rings is 1. The minimum atomic E-state index is 0.164. The second-order valence-corrected chi connectivity index (χ2v) is 6.42. The Labute approximate surface area is 135 Å². The summed E-state index contributed by atoms with van der Waals surface area (Å²) in [5, 5.41) is 0. The molecule has 1 aliphatic rings. The van der Waals surface area contributed by atoms with E-state index in [1.54, 1.807) is 0 Å². The van der Waals surface area contributed by atoms with E-state index in [9.17, 15) is 0 Å². The van der Waals surface area contributed by atoms with Gasteiger partial charge in [0.15, 0.2) is 11.5 Å². The van der Waals surface area contributed by atoms with E-state index >= 15 is 0 Å². The van der Waals surface area contributed by atoms with Gasteiger partial charge in [0.05, 0.1) is 4.47 Å². The maximum Gasteiger partial charge on any atom is 0.175 e. The Morgan fingerprint density at radius 3 is 2.57 bits per heavy atom. The van der Waals surface area contributed by atoms with E-state index < -0.39 is 0 Å². The van der Waals surface area contributed by atoms with Crippen LogP contribution < -0.4 is 15.2 Å². The molecule has 0 bridgehead atoms. The number of hydrogen-bond donors (Lipinski definition) is 1. The molecule has 0 saturated heterocycles. The predicted octanol–water partition coefficient (Wildman–Crippen LogP) is 1.71. The maximum atomic E-state index is 6.00. The van der Waals surface area contributed by atoms with Gasteiger partial charge in [0.1, 0.15) is 13.2 Å². The standard InChI is InChI=1S/C15H24BrN3O2/c1-18(2)4-5-19(3)13(10-17)11-8-12(16)15-14(9-11)20-6-7-21-15/h8-9,13H,4-7,10,17H2,1-3H3. The zero-order valence-corrected chi connectivity index (χ0v) is 14.5. The first-order chi connectivity index (χ1) is 10.0. The molecule has 1 aliphatic heterocycles. The van der Waals surface area contributed by atoms with Gasteiger partial charge in [-0.2, -0.15) is 0 Å². The van der Waals surface area contributed by atoms with Gasteiger partial charge in [0.25, 0.3) is 0 Å². The quantitative estimate of drug-likeness (QED) is 0.839. The van der Waals surface area contributed by atoms with E-state index in [4.69, 9.17) is 15.2 Å². The van der Waals surface area contributed by atoms with Gasteiger partial charge in [-0.25, -0.2) is 0 Å². The number of nitrogens with two attached hydrogens (primary N) is 1. The number of rotatable bonds is 6. The van der Waals surface area contributed by atoms with Crippen molar-refractivity contribution in [2.24, 2.45) is 5.73 Å². The van der Waals surface area contributed by atoms with Gasteiger partial charge in [-0.15, -0.1) is 0 Å². The van der Waals surface area contributed by atoms with E-state index in [0.29, 0.717) is 19.8 Å². The van der Waals surface area contributed by atoms with Crippen molar-refractivity contribution in [1.29, 1.82) is 0 Å². The molecule has 0 aromatic heterocycles. The number of likely N-dealkylation sites (N-methyl/N-ethyl adjacent to an activating group) is 2. The molecule has 2 N–H and O–H groups in total. The van der Waals surface area contributed by atoms with Crippen molar-refractivity contribution in [3.8, 4) is 11.5 Å². The lowest BCUT2D eigenvalue weighted by atomic mass is 10.0. The van der Waals surface area contributed by atoms with Crippen molar-refractivity contribution in [1.82, 2.24) is 9.80 Å². The number of halogens is 1. The SMILES string of the molecule is CN(C)CCN(C)C(CN)c1cc(Br)c2c(c1)OCCO2. The summed E-state index contributed by atoms with van der Waals surface area (Å²) >= 11 is 3.57. The highest BCUT2D eigenvalue weighted by Gasteiger charge is 2.22. The molecule has 1 unspecified atom stereocenters. The van der Waals surface area contributed by atoms with Crippen molar-refractivity contribution < 1.29 is 9.47 Å². The molecule has 0 fully saturated rings. The van der Waals surface area contributed by atoms with Crippen molar-refractivity contribution in [3.63, 3.8) is 0 Å². The average molecular weight is 358 g/mol. The first-order valence-electron chi connectivity index (χ1n) is 7.17. The zero-order chi connectivity index (χ0) is 15.4. The van der Waals surface area contributed by atoms with Crippen molar-refractivity contribution in [2.45, 2.75) is 6.04 Å². The number of hydrogen-bond acceptors (Lipinski definition) is 5. The number of ether oxygens (including phenoxy) is 2. The van der Waals surface area contributed by atoms with Crippen LogP contribution in [0.5, 0.6) is 11.5 Å². The Bertz CT molecular complexity index is 482. The lowest BCUT2D eigenvalue weighted by molar-refractivity contribution is 0.169. The Kier molecular flexibility index (Phi) is 5.87. The molecule has 1 aromatic rings. The Hall–Kier alpha value is -0.820. The molecule has 1 heterocycles. The summed E-state index contributed by atoms with van der Waals surface area (Å²) in [6.45, 7) is 3.70. The second kappa shape index (κ2) is 7.45. The van der Waals surface area contributed by atoms with Gasteiger partial charge in [-0.1, -0.05) is 0 Å². The summed E-state index contributed by atoms with van der Waals surface area (Å²) in [6, 6.07) is 4.29. The molecule has 2 rings (SSSR count). The molecule has 21 heavy (non-hydrogen) atoms. The summed E-state index contributed by atoms with van der Waals surface area (Å²) in [6.07, 6.45) is 0. The lowest BCUT2D eigenvalue weighted by Gasteiger charge is -2.30. The topological polar surface area (TPSA) is 51.0 Å². The fourth-order valence-corrected chi connectivity index (χ4v) is 2.98. The molecular weight excluding hydrogens is 334 g/mol. The average Bonchev–Trinajstić information content (AvgIpc) is 2.46. The third kappa shape index (κ3) is 4.10. The highest BCUT2D eigenvalue weighted by atomic mass is 79.9. The van der Waals surface area contributed by atoms with E-state index in [0.717, 1.165) is 34.6 Å². The third-order valence-electron chi connectivity index (χ3n) is 3.66. The minimum Gasteiger partial charge on any atom is -0.486 e. The van der Waals surface area contributed by atoms with E-state index in [-0.39, 0.29) is 6.04 Å². The van der Waals surface area contributed by atoms with Crippen LogP contribution in [0.25, 0.3) is 0 Å². The van der Waals surface area contributed by atoms with E-state index in [1.807, 2.05) is 6.07 Å². The highest BCUT2D eigenvalue weighted by molar-refractivity contribution is 9.10. The van der Waals surface area contributed by atoms with Crippen LogP contribution >= 0.6 is 15.9 Å². The lowest BCUT2D eigenvalue weighted by Crippen LogP contribution is -2.35. The van der Waals surface area contributed by atoms with Crippen molar-refractivity contribution in [3.05, 3.63) is 22.2 Å². The molecule has 1 atom stereocenters. The molecule has 0 amide bonds. The molecule has 0 radical (unpaired) electrons. The van der Waals surface area contributed by atoms with Crippen LogP contribution in [0.15, 0.2) is 16.6 Å². The first-order valence-corrected chi connectivity index (χ1v) is 7.96. The van der Waals surface area contributed by atoms with Gasteiger partial charge in [-0.05, 0) is 54.8 Å². The van der Waals surface area contributed by atoms with Crippen LogP contribution in [-0.2, 0) is 0 Å². The summed E-state index contributed by atoms with van der Waals surface area (Å²) in [5.74, 6) is 1.59. The fraction of sp³-hybridized carbons (Fsp3) is 0.600. The van der Waals surface area contributed by atoms with Gasteiger partial charge in [0, 0.05) is 25.7 Å². The van der Waals surface area contributed by atoms with Crippen LogP contribution in [0.1, 0.15) is 11.6 Å². The Morgan fingerprint density at radius 2 is 1.90 bits per heavy atom. The minimum absolute atomic E-state index is 0.164. The van der Waals surface area contributed by atoms with Crippen LogP contribution in [0.3, 0.4) is 0 Å². The molecule has 0 spiro atoms. The van der Waals surface area contributed by atoms with Crippen LogP contribution in [-0.4, -0.2) is 63.8 Å². The maximum absolute atomic E-state index is 6.00. The molecule has 0 saturated carbocycles. The molecule has 118 valence electrons. The summed E-state index contributed by atoms with van der Waals surface area (Å²) < 4.78 is 12.3. The van der Waals surface area contributed by atoms with Gasteiger partial charge < -0.3 is 20.1 Å². The van der Waals surface area contributed by atoms with Gasteiger partial charge in [0.2, 0.25) is 0 Å². The van der Waals surface area contributed by atoms with Crippen molar-refractivity contribution in [2.75, 3.05) is 54.0 Å². The molecular formula is C15H24BrN3O2.